The number of nitriles is 1. The molecule has 0 radical (unpaired) electrons. The van der Waals surface area contributed by atoms with Crippen LogP contribution in [-0.2, 0) is 0 Å². The zero-order valence-corrected chi connectivity index (χ0v) is 12.9. The van der Waals surface area contributed by atoms with Crippen LogP contribution < -0.4 is 5.32 Å². The summed E-state index contributed by atoms with van der Waals surface area (Å²) in [5.74, 6) is 0. The third kappa shape index (κ3) is 3.74. The van der Waals surface area contributed by atoms with E-state index in [2.05, 4.69) is 36.2 Å². The fourth-order valence-electron chi connectivity index (χ4n) is 2.64. The molecule has 21 heavy (non-hydrogen) atoms. The summed E-state index contributed by atoms with van der Waals surface area (Å²) in [4.78, 5) is 2.44. The second-order valence-corrected chi connectivity index (χ2v) is 5.18. The van der Waals surface area contributed by atoms with Crippen LogP contribution in [-0.4, -0.2) is 31.1 Å². The minimum atomic E-state index is 0.734. The third-order valence-electron chi connectivity index (χ3n) is 3.78. The van der Waals surface area contributed by atoms with Crippen molar-refractivity contribution in [2.75, 3.05) is 31.5 Å². The largest absolute Gasteiger partial charge is 0.383 e. The Bertz CT molecular complexity index is 628. The van der Waals surface area contributed by atoms with Crippen molar-refractivity contribution in [1.29, 1.82) is 5.26 Å². The SMILES string of the molecule is CCCN(CC)CCNc1ccc(C#N)c2ccccc12. The van der Waals surface area contributed by atoms with Gasteiger partial charge in [0, 0.05) is 29.5 Å². The molecule has 1 N–H and O–H groups in total. The van der Waals surface area contributed by atoms with Crippen molar-refractivity contribution in [3.05, 3.63) is 42.0 Å². The number of rotatable bonds is 7. The summed E-state index contributed by atoms with van der Waals surface area (Å²) >= 11 is 0. The van der Waals surface area contributed by atoms with Crippen LogP contribution in [0.3, 0.4) is 0 Å². The summed E-state index contributed by atoms with van der Waals surface area (Å²) in [6, 6.07) is 14.2. The van der Waals surface area contributed by atoms with Crippen molar-refractivity contribution in [3.8, 4) is 6.07 Å². The molecule has 0 spiro atoms. The molecule has 0 bridgehead atoms. The van der Waals surface area contributed by atoms with Gasteiger partial charge < -0.3 is 10.2 Å². The van der Waals surface area contributed by atoms with Gasteiger partial charge in [0.15, 0.2) is 0 Å². The predicted molar refractivity (Wildman–Crippen MR) is 89.6 cm³/mol. The van der Waals surface area contributed by atoms with Crippen molar-refractivity contribution < 1.29 is 0 Å². The Kier molecular flexibility index (Phi) is 5.59. The molecule has 3 heteroatoms. The summed E-state index contributed by atoms with van der Waals surface area (Å²) in [6.45, 7) is 8.61. The van der Waals surface area contributed by atoms with E-state index in [1.807, 2.05) is 30.3 Å². The van der Waals surface area contributed by atoms with E-state index < -0.39 is 0 Å². The zero-order chi connectivity index (χ0) is 15.1. The lowest BCUT2D eigenvalue weighted by molar-refractivity contribution is 0.300. The van der Waals surface area contributed by atoms with Crippen LogP contribution >= 0.6 is 0 Å². The Morgan fingerprint density at radius 3 is 2.48 bits per heavy atom. The van der Waals surface area contributed by atoms with Gasteiger partial charge in [0.25, 0.3) is 0 Å². The Morgan fingerprint density at radius 1 is 1.05 bits per heavy atom. The summed E-state index contributed by atoms with van der Waals surface area (Å²) in [5.41, 5.74) is 1.84. The molecule has 2 aromatic rings. The van der Waals surface area contributed by atoms with Gasteiger partial charge in [0.05, 0.1) is 11.6 Å². The summed E-state index contributed by atoms with van der Waals surface area (Å²) in [6.07, 6.45) is 1.19. The van der Waals surface area contributed by atoms with Crippen molar-refractivity contribution >= 4 is 16.5 Å². The highest BCUT2D eigenvalue weighted by Gasteiger charge is 2.05. The smallest absolute Gasteiger partial charge is 0.0998 e. The number of anilines is 1. The molecular formula is C18H23N3. The lowest BCUT2D eigenvalue weighted by atomic mass is 10.0. The second kappa shape index (κ2) is 7.66. The van der Waals surface area contributed by atoms with Gasteiger partial charge in [-0.1, -0.05) is 38.1 Å². The maximum absolute atomic E-state index is 9.19. The average Bonchev–Trinajstić information content (AvgIpc) is 2.54. The first-order chi connectivity index (χ1) is 10.3. The van der Waals surface area contributed by atoms with Crippen molar-refractivity contribution in [3.63, 3.8) is 0 Å². The van der Waals surface area contributed by atoms with E-state index >= 15 is 0 Å². The first-order valence-corrected chi connectivity index (χ1v) is 7.68. The minimum absolute atomic E-state index is 0.734. The van der Waals surface area contributed by atoms with E-state index in [9.17, 15) is 5.26 Å². The molecule has 0 atom stereocenters. The maximum Gasteiger partial charge on any atom is 0.0998 e. The predicted octanol–water partition coefficient (Wildman–Crippen LogP) is 3.86. The Labute approximate surface area is 127 Å². The molecule has 0 aromatic heterocycles. The number of fused-ring (bicyclic) bond motifs is 1. The van der Waals surface area contributed by atoms with Crippen LogP contribution in [0.4, 0.5) is 5.69 Å². The van der Waals surface area contributed by atoms with Crippen LogP contribution in [0, 0.1) is 11.3 Å². The fourth-order valence-corrected chi connectivity index (χ4v) is 2.64. The number of benzene rings is 2. The molecule has 2 rings (SSSR count). The van der Waals surface area contributed by atoms with Gasteiger partial charge in [0.2, 0.25) is 0 Å². The van der Waals surface area contributed by atoms with E-state index in [4.69, 9.17) is 0 Å². The highest BCUT2D eigenvalue weighted by atomic mass is 15.1. The molecule has 0 aliphatic rings. The highest BCUT2D eigenvalue weighted by molar-refractivity contribution is 5.97. The first kappa shape index (κ1) is 15.3. The topological polar surface area (TPSA) is 39.1 Å². The monoisotopic (exact) mass is 281 g/mol. The van der Waals surface area contributed by atoms with Gasteiger partial charge in [-0.2, -0.15) is 5.26 Å². The van der Waals surface area contributed by atoms with Gasteiger partial charge in [-0.25, -0.2) is 0 Å². The standard InChI is InChI=1S/C18H23N3/c1-3-12-21(4-2)13-11-20-18-10-9-15(14-19)16-7-5-6-8-17(16)18/h5-10,20H,3-4,11-13H2,1-2H3. The molecule has 0 aliphatic carbocycles. The van der Waals surface area contributed by atoms with Gasteiger partial charge in [0.1, 0.15) is 0 Å². The molecule has 0 heterocycles. The molecule has 3 nitrogen and oxygen atoms in total. The van der Waals surface area contributed by atoms with Gasteiger partial charge in [-0.3, -0.25) is 0 Å². The van der Waals surface area contributed by atoms with Crippen LogP contribution in [0.15, 0.2) is 36.4 Å². The Hall–Kier alpha value is -2.05. The lowest BCUT2D eigenvalue weighted by Crippen LogP contribution is -2.29. The van der Waals surface area contributed by atoms with Gasteiger partial charge in [-0.15, -0.1) is 0 Å². The van der Waals surface area contributed by atoms with Crippen LogP contribution in [0.5, 0.6) is 0 Å². The van der Waals surface area contributed by atoms with Gasteiger partial charge >= 0.3 is 0 Å². The number of likely N-dealkylation sites (N-methyl/N-ethyl adjacent to an activating group) is 1. The summed E-state index contributed by atoms with van der Waals surface area (Å²) in [7, 11) is 0. The second-order valence-electron chi connectivity index (χ2n) is 5.18. The van der Waals surface area contributed by atoms with E-state index in [1.54, 1.807) is 0 Å². The molecule has 0 amide bonds. The normalized spacial score (nSPS) is 10.8. The minimum Gasteiger partial charge on any atom is -0.383 e. The quantitative estimate of drug-likeness (QED) is 0.837. The average molecular weight is 281 g/mol. The molecule has 0 unspecified atom stereocenters. The lowest BCUT2D eigenvalue weighted by Gasteiger charge is -2.20. The number of hydrogen-bond donors (Lipinski definition) is 1. The van der Waals surface area contributed by atoms with Crippen molar-refractivity contribution in [1.82, 2.24) is 4.90 Å². The zero-order valence-electron chi connectivity index (χ0n) is 12.9. The molecule has 110 valence electrons. The molecule has 0 aliphatic heterocycles. The van der Waals surface area contributed by atoms with Crippen LogP contribution in [0.2, 0.25) is 0 Å². The first-order valence-electron chi connectivity index (χ1n) is 7.68. The van der Waals surface area contributed by atoms with E-state index in [1.165, 1.54) is 6.42 Å². The Morgan fingerprint density at radius 2 is 1.81 bits per heavy atom. The number of nitrogens with one attached hydrogen (secondary N) is 1. The van der Waals surface area contributed by atoms with E-state index in [0.717, 1.165) is 48.2 Å². The van der Waals surface area contributed by atoms with Crippen LogP contribution in [0.25, 0.3) is 10.8 Å². The summed E-state index contributed by atoms with van der Waals surface area (Å²) in [5, 5.41) is 14.8. The van der Waals surface area contributed by atoms with E-state index in [0.29, 0.717) is 0 Å². The van der Waals surface area contributed by atoms with Crippen molar-refractivity contribution in [2.45, 2.75) is 20.3 Å². The molecule has 2 aromatic carbocycles. The van der Waals surface area contributed by atoms with E-state index in [-0.39, 0.29) is 0 Å². The Balaban J connectivity index is 2.11. The number of hydrogen-bond acceptors (Lipinski definition) is 3. The summed E-state index contributed by atoms with van der Waals surface area (Å²) < 4.78 is 0. The molecule has 0 fully saturated rings. The molecule has 0 saturated heterocycles. The van der Waals surface area contributed by atoms with Gasteiger partial charge in [-0.05, 0) is 31.6 Å². The number of nitrogens with zero attached hydrogens (tertiary/aromatic N) is 2. The third-order valence-corrected chi connectivity index (χ3v) is 3.78. The molecular weight excluding hydrogens is 258 g/mol. The maximum atomic E-state index is 9.19. The highest BCUT2D eigenvalue weighted by Crippen LogP contribution is 2.26. The van der Waals surface area contributed by atoms with Crippen LogP contribution in [0.1, 0.15) is 25.8 Å². The van der Waals surface area contributed by atoms with Crippen molar-refractivity contribution in [2.24, 2.45) is 0 Å². The fraction of sp³-hybridized carbons (Fsp3) is 0.389. The molecule has 0 saturated carbocycles.